The van der Waals surface area contributed by atoms with E-state index in [1.165, 1.54) is 31.2 Å². The Labute approximate surface area is 214 Å². The number of rotatable bonds is 8. The molecule has 0 aromatic heterocycles. The maximum absolute atomic E-state index is 13.5. The zero-order valence-corrected chi connectivity index (χ0v) is 20.7. The molecule has 0 aliphatic carbocycles. The first-order valence-electron chi connectivity index (χ1n) is 11.6. The summed E-state index contributed by atoms with van der Waals surface area (Å²) in [5.74, 6) is -1.09. The monoisotopic (exact) mass is 508 g/mol. The lowest BCUT2D eigenvalue weighted by Gasteiger charge is -2.48. The highest BCUT2D eigenvalue weighted by Crippen LogP contribution is 2.46. The number of amides is 1. The van der Waals surface area contributed by atoms with E-state index < -0.39 is 5.97 Å². The highest BCUT2D eigenvalue weighted by atomic mass is 32.1. The van der Waals surface area contributed by atoms with E-state index in [4.69, 9.17) is 17.0 Å². The Kier molecular flexibility index (Phi) is 7.74. The summed E-state index contributed by atoms with van der Waals surface area (Å²) in [4.78, 5) is 26.9. The molecule has 0 saturated carbocycles. The summed E-state index contributed by atoms with van der Waals surface area (Å²) < 4.78 is 32.1. The number of ether oxygens (including phenoxy) is 1. The Morgan fingerprint density at radius 1 is 0.972 bits per heavy atom. The minimum atomic E-state index is -0.416. The van der Waals surface area contributed by atoms with E-state index in [1.807, 2.05) is 12.1 Å². The first kappa shape index (κ1) is 25.4. The van der Waals surface area contributed by atoms with Crippen LogP contribution < -0.4 is 15.0 Å². The van der Waals surface area contributed by atoms with Crippen molar-refractivity contribution in [2.24, 2.45) is 5.92 Å². The van der Waals surface area contributed by atoms with E-state index in [0.717, 1.165) is 11.1 Å². The predicted octanol–water partition coefficient (Wildman–Crippen LogP) is 6.05. The van der Waals surface area contributed by atoms with Gasteiger partial charge in [0, 0.05) is 12.6 Å². The summed E-state index contributed by atoms with van der Waals surface area (Å²) in [5.41, 5.74) is 2.36. The standard InChI is InChI=1S/C28H26F2N2O3S/c1-17(36)31-26(19-3-7-21(29)8-4-19)16-15-25-27(20-5-13-24(14-6-20)35-18(2)33)32(28(25)34)23-11-9-22(30)10-12-23/h3-14,25-27H,15-16H2,1-2H3,(H,31,36)/t25-,26?,27-/m1/s1. The van der Waals surface area contributed by atoms with E-state index >= 15 is 0 Å². The Hall–Kier alpha value is -3.65. The van der Waals surface area contributed by atoms with E-state index in [2.05, 4.69) is 5.32 Å². The summed E-state index contributed by atoms with van der Waals surface area (Å²) in [6.45, 7) is 3.11. The molecule has 1 aliphatic heterocycles. The lowest BCUT2D eigenvalue weighted by molar-refractivity contribution is -0.132. The minimum absolute atomic E-state index is 0.0624. The fourth-order valence-electron chi connectivity index (χ4n) is 4.61. The predicted molar refractivity (Wildman–Crippen MR) is 138 cm³/mol. The van der Waals surface area contributed by atoms with Gasteiger partial charge in [-0.25, -0.2) is 8.78 Å². The third-order valence-electron chi connectivity index (χ3n) is 6.22. The average Bonchev–Trinajstić information content (AvgIpc) is 2.83. The van der Waals surface area contributed by atoms with Crippen molar-refractivity contribution < 1.29 is 23.1 Å². The second-order valence-corrected chi connectivity index (χ2v) is 9.39. The molecule has 1 unspecified atom stereocenters. The molecule has 3 aromatic carbocycles. The van der Waals surface area contributed by atoms with Crippen LogP contribution in [0.5, 0.6) is 5.75 Å². The number of halogens is 2. The molecule has 36 heavy (non-hydrogen) atoms. The molecule has 3 aromatic rings. The zero-order chi connectivity index (χ0) is 25.8. The summed E-state index contributed by atoms with van der Waals surface area (Å²) in [6, 6.07) is 18.6. The normalized spacial score (nSPS) is 17.8. The molecule has 1 amide bonds. The van der Waals surface area contributed by atoms with Gasteiger partial charge in [0.25, 0.3) is 0 Å². The quantitative estimate of drug-likeness (QED) is 0.174. The highest BCUT2D eigenvalue weighted by Gasteiger charge is 2.48. The third-order valence-corrected chi connectivity index (χ3v) is 6.34. The van der Waals surface area contributed by atoms with Gasteiger partial charge < -0.3 is 15.0 Å². The molecule has 3 atom stereocenters. The molecule has 1 saturated heterocycles. The van der Waals surface area contributed by atoms with Crippen molar-refractivity contribution in [2.45, 2.75) is 38.8 Å². The fraction of sp³-hybridized carbons (Fsp3) is 0.250. The van der Waals surface area contributed by atoms with Crippen LogP contribution in [0.2, 0.25) is 0 Å². The largest absolute Gasteiger partial charge is 0.427 e. The Morgan fingerprint density at radius 2 is 1.56 bits per heavy atom. The minimum Gasteiger partial charge on any atom is -0.427 e. The maximum Gasteiger partial charge on any atom is 0.308 e. The van der Waals surface area contributed by atoms with Gasteiger partial charge in [0.05, 0.1) is 23.0 Å². The molecular weight excluding hydrogens is 482 g/mol. The maximum atomic E-state index is 13.5. The van der Waals surface area contributed by atoms with Gasteiger partial charge in [0.15, 0.2) is 0 Å². The van der Waals surface area contributed by atoms with Crippen LogP contribution in [0.15, 0.2) is 72.8 Å². The van der Waals surface area contributed by atoms with E-state index in [1.54, 1.807) is 48.2 Å². The molecular formula is C28H26F2N2O3S. The number of nitrogens with one attached hydrogen (secondary N) is 1. The van der Waals surface area contributed by atoms with Crippen molar-refractivity contribution in [3.05, 3.63) is 95.6 Å². The van der Waals surface area contributed by atoms with Gasteiger partial charge in [0.2, 0.25) is 5.91 Å². The van der Waals surface area contributed by atoms with Gasteiger partial charge in [-0.1, -0.05) is 36.5 Å². The van der Waals surface area contributed by atoms with Crippen LogP contribution in [0.4, 0.5) is 14.5 Å². The highest BCUT2D eigenvalue weighted by molar-refractivity contribution is 7.80. The number of esters is 1. The first-order chi connectivity index (χ1) is 17.2. The van der Waals surface area contributed by atoms with Crippen molar-refractivity contribution >= 4 is 34.8 Å². The van der Waals surface area contributed by atoms with Crippen molar-refractivity contribution in [3.63, 3.8) is 0 Å². The number of hydrogen-bond donors (Lipinski definition) is 1. The van der Waals surface area contributed by atoms with Gasteiger partial charge in [-0.05, 0) is 79.4 Å². The molecule has 1 heterocycles. The topological polar surface area (TPSA) is 58.6 Å². The van der Waals surface area contributed by atoms with Crippen molar-refractivity contribution in [3.8, 4) is 5.75 Å². The molecule has 1 aliphatic rings. The van der Waals surface area contributed by atoms with Gasteiger partial charge >= 0.3 is 5.97 Å². The molecule has 186 valence electrons. The van der Waals surface area contributed by atoms with Crippen molar-refractivity contribution in [1.29, 1.82) is 0 Å². The number of benzene rings is 3. The van der Waals surface area contributed by atoms with Crippen LogP contribution in [-0.4, -0.2) is 16.9 Å². The summed E-state index contributed by atoms with van der Waals surface area (Å²) >= 11 is 5.25. The van der Waals surface area contributed by atoms with E-state index in [-0.39, 0.29) is 35.5 Å². The summed E-state index contributed by atoms with van der Waals surface area (Å²) in [6.07, 6.45) is 1.14. The summed E-state index contributed by atoms with van der Waals surface area (Å²) in [5, 5.41) is 3.26. The van der Waals surface area contributed by atoms with Gasteiger partial charge in [-0.3, -0.25) is 9.59 Å². The van der Waals surface area contributed by atoms with Crippen LogP contribution in [0, 0.1) is 17.6 Å². The number of thiocarbonyl (C=S) groups is 1. The molecule has 4 rings (SSSR count). The summed E-state index contributed by atoms with van der Waals surface area (Å²) in [7, 11) is 0. The van der Waals surface area contributed by atoms with Crippen molar-refractivity contribution in [1.82, 2.24) is 5.32 Å². The van der Waals surface area contributed by atoms with E-state index in [9.17, 15) is 18.4 Å². The van der Waals surface area contributed by atoms with Gasteiger partial charge in [-0.2, -0.15) is 0 Å². The zero-order valence-electron chi connectivity index (χ0n) is 19.9. The Bertz CT molecular complexity index is 1250. The number of carbonyl (C=O) groups is 2. The molecule has 8 heteroatoms. The molecule has 0 radical (unpaired) electrons. The molecule has 5 nitrogen and oxygen atoms in total. The Balaban J connectivity index is 1.59. The molecule has 1 N–H and O–H groups in total. The lowest BCUT2D eigenvalue weighted by atomic mass is 9.78. The first-order valence-corrected chi connectivity index (χ1v) is 12.0. The number of anilines is 1. The van der Waals surface area contributed by atoms with Crippen LogP contribution in [-0.2, 0) is 9.59 Å². The smallest absolute Gasteiger partial charge is 0.308 e. The third kappa shape index (κ3) is 5.76. The lowest BCUT2D eigenvalue weighted by Crippen LogP contribution is -2.55. The number of hydrogen-bond acceptors (Lipinski definition) is 4. The number of carbonyl (C=O) groups excluding carboxylic acids is 2. The van der Waals surface area contributed by atoms with Gasteiger partial charge in [0.1, 0.15) is 17.4 Å². The Morgan fingerprint density at radius 3 is 2.11 bits per heavy atom. The molecule has 0 bridgehead atoms. The second kappa shape index (κ2) is 11.0. The van der Waals surface area contributed by atoms with Crippen LogP contribution in [0.3, 0.4) is 0 Å². The molecule has 1 fully saturated rings. The average molecular weight is 509 g/mol. The number of β-lactam (4-membered cyclic amide) rings is 1. The van der Waals surface area contributed by atoms with Crippen LogP contribution >= 0.6 is 12.2 Å². The van der Waals surface area contributed by atoms with Crippen LogP contribution in [0.25, 0.3) is 0 Å². The fourth-order valence-corrected chi connectivity index (χ4v) is 4.75. The van der Waals surface area contributed by atoms with Gasteiger partial charge in [-0.15, -0.1) is 0 Å². The SMILES string of the molecule is CC(=O)Oc1ccc([C@@H]2[C@@H](CCC(NC(C)=S)c3ccc(F)cc3)C(=O)N2c2ccc(F)cc2)cc1. The van der Waals surface area contributed by atoms with Crippen molar-refractivity contribution in [2.75, 3.05) is 4.90 Å². The number of nitrogens with zero attached hydrogens (tertiary/aromatic N) is 1. The van der Waals surface area contributed by atoms with E-state index in [0.29, 0.717) is 29.3 Å². The van der Waals surface area contributed by atoms with Crippen LogP contribution in [0.1, 0.15) is 49.9 Å². The molecule has 0 spiro atoms. The second-order valence-electron chi connectivity index (χ2n) is 8.78.